The van der Waals surface area contributed by atoms with Crippen molar-refractivity contribution in [2.75, 3.05) is 25.0 Å². The molecule has 1 saturated heterocycles. The third-order valence-corrected chi connectivity index (χ3v) is 3.64. The van der Waals surface area contributed by atoms with Gasteiger partial charge in [-0.25, -0.2) is 4.98 Å². The fourth-order valence-electron chi connectivity index (χ4n) is 2.66. The minimum absolute atomic E-state index is 0.270. The molecule has 0 aromatic carbocycles. The molecular weight excluding hydrogens is 240 g/mol. The molecule has 0 radical (unpaired) electrons. The molecule has 19 heavy (non-hydrogen) atoms. The Labute approximate surface area is 115 Å². The van der Waals surface area contributed by atoms with Gasteiger partial charge in [0.05, 0.1) is 18.1 Å². The van der Waals surface area contributed by atoms with Gasteiger partial charge >= 0.3 is 0 Å². The Morgan fingerprint density at radius 1 is 1.37 bits per heavy atom. The number of hydrogen-bond donors (Lipinski definition) is 2. The van der Waals surface area contributed by atoms with Crippen LogP contribution in [0.4, 0.5) is 5.82 Å². The molecule has 0 aliphatic carbocycles. The quantitative estimate of drug-likeness (QED) is 0.818. The van der Waals surface area contributed by atoms with E-state index < -0.39 is 0 Å². The lowest BCUT2D eigenvalue weighted by atomic mass is 9.99. The number of aliphatic hydroxyl groups excluding tert-OH is 1. The second kappa shape index (κ2) is 7.40. The molecule has 2 N–H and O–H groups in total. The first-order valence-electron chi connectivity index (χ1n) is 7.23. The summed E-state index contributed by atoms with van der Waals surface area (Å²) >= 11 is 0. The van der Waals surface area contributed by atoms with Gasteiger partial charge < -0.3 is 10.4 Å². The lowest BCUT2D eigenvalue weighted by Gasteiger charge is -2.35. The molecule has 5 heteroatoms. The maximum absolute atomic E-state index is 9.13. The number of anilines is 1. The summed E-state index contributed by atoms with van der Waals surface area (Å²) in [5.41, 5.74) is 1.01. The van der Waals surface area contributed by atoms with Crippen LogP contribution >= 0.6 is 0 Å². The first-order chi connectivity index (χ1) is 9.33. The van der Waals surface area contributed by atoms with E-state index in [4.69, 9.17) is 5.11 Å². The molecule has 106 valence electrons. The molecule has 1 aromatic rings. The van der Waals surface area contributed by atoms with Crippen molar-refractivity contribution in [1.82, 2.24) is 14.9 Å². The Hall–Kier alpha value is -1.20. The van der Waals surface area contributed by atoms with Gasteiger partial charge in [-0.3, -0.25) is 9.88 Å². The lowest BCUT2D eigenvalue weighted by molar-refractivity contribution is 0.111. The van der Waals surface area contributed by atoms with Gasteiger partial charge in [0.1, 0.15) is 5.82 Å². The van der Waals surface area contributed by atoms with Crippen LogP contribution in [-0.4, -0.2) is 45.7 Å². The third kappa shape index (κ3) is 4.14. The van der Waals surface area contributed by atoms with Crippen molar-refractivity contribution in [3.63, 3.8) is 0 Å². The van der Waals surface area contributed by atoms with Crippen molar-refractivity contribution in [2.45, 2.75) is 45.2 Å². The van der Waals surface area contributed by atoms with E-state index in [0.717, 1.165) is 37.6 Å². The molecule has 1 aliphatic rings. The maximum Gasteiger partial charge on any atom is 0.144 e. The highest BCUT2D eigenvalue weighted by Gasteiger charge is 2.22. The van der Waals surface area contributed by atoms with Crippen molar-refractivity contribution in [3.8, 4) is 0 Å². The van der Waals surface area contributed by atoms with Crippen molar-refractivity contribution < 1.29 is 5.11 Å². The lowest BCUT2D eigenvalue weighted by Crippen LogP contribution is -2.39. The van der Waals surface area contributed by atoms with Crippen LogP contribution in [0.2, 0.25) is 0 Å². The molecule has 0 amide bonds. The molecular formula is C14H24N4O. The van der Waals surface area contributed by atoms with Gasteiger partial charge in [-0.15, -0.1) is 0 Å². The predicted molar refractivity (Wildman–Crippen MR) is 75.9 cm³/mol. The molecule has 2 heterocycles. The van der Waals surface area contributed by atoms with Crippen LogP contribution in [0.3, 0.4) is 0 Å². The highest BCUT2D eigenvalue weighted by Crippen LogP contribution is 2.21. The number of piperidine rings is 1. The van der Waals surface area contributed by atoms with Gasteiger partial charge in [-0.05, 0) is 32.7 Å². The van der Waals surface area contributed by atoms with Crippen LogP contribution in [-0.2, 0) is 6.54 Å². The minimum Gasteiger partial charge on any atom is -0.396 e. The minimum atomic E-state index is 0.270. The summed E-state index contributed by atoms with van der Waals surface area (Å²) in [5, 5.41) is 12.3. The summed E-state index contributed by atoms with van der Waals surface area (Å²) in [7, 11) is 0. The van der Waals surface area contributed by atoms with E-state index in [0.29, 0.717) is 6.04 Å². The first-order valence-corrected chi connectivity index (χ1v) is 7.23. The molecule has 0 saturated carbocycles. The molecule has 0 spiro atoms. The summed E-state index contributed by atoms with van der Waals surface area (Å²) in [6.45, 7) is 5.11. The van der Waals surface area contributed by atoms with Crippen molar-refractivity contribution >= 4 is 5.82 Å². The molecule has 1 aromatic heterocycles. The molecule has 1 unspecified atom stereocenters. The number of aliphatic hydroxyl groups is 1. The zero-order valence-electron chi connectivity index (χ0n) is 11.7. The second-order valence-electron chi connectivity index (χ2n) is 5.06. The number of nitrogens with zero attached hydrogens (tertiary/aromatic N) is 3. The number of hydrogen-bond acceptors (Lipinski definition) is 5. The van der Waals surface area contributed by atoms with Gasteiger partial charge in [-0.2, -0.15) is 0 Å². The van der Waals surface area contributed by atoms with Gasteiger partial charge in [0, 0.05) is 25.7 Å². The van der Waals surface area contributed by atoms with Crippen LogP contribution in [0.25, 0.3) is 0 Å². The van der Waals surface area contributed by atoms with Gasteiger partial charge in [0.15, 0.2) is 0 Å². The maximum atomic E-state index is 9.13. The molecule has 1 aliphatic heterocycles. The zero-order valence-corrected chi connectivity index (χ0v) is 11.7. The summed E-state index contributed by atoms with van der Waals surface area (Å²) in [4.78, 5) is 11.2. The van der Waals surface area contributed by atoms with Crippen LogP contribution in [0, 0.1) is 0 Å². The molecule has 0 bridgehead atoms. The average Bonchev–Trinajstić information content (AvgIpc) is 2.44. The second-order valence-corrected chi connectivity index (χ2v) is 5.06. The Morgan fingerprint density at radius 2 is 2.26 bits per heavy atom. The average molecular weight is 264 g/mol. The van der Waals surface area contributed by atoms with Crippen LogP contribution in [0.1, 0.15) is 38.3 Å². The predicted octanol–water partition coefficient (Wildman–Crippen LogP) is 1.65. The van der Waals surface area contributed by atoms with E-state index in [1.807, 2.05) is 13.1 Å². The van der Waals surface area contributed by atoms with E-state index >= 15 is 0 Å². The number of likely N-dealkylation sites (tertiary alicyclic amines) is 1. The SMILES string of the molecule is CCNc1cnc(CN2CCCCC2CCO)cn1. The standard InChI is InChI=1S/C14H24N4O/c1-2-15-14-10-16-12(9-17-14)11-18-7-4-3-5-13(18)6-8-19/h9-10,13,19H,2-8,11H2,1H3,(H,15,17). The van der Waals surface area contributed by atoms with Gasteiger partial charge in [-0.1, -0.05) is 6.42 Å². The highest BCUT2D eigenvalue weighted by molar-refractivity contribution is 5.30. The largest absolute Gasteiger partial charge is 0.396 e. The van der Waals surface area contributed by atoms with Crippen LogP contribution in [0.5, 0.6) is 0 Å². The Bertz CT molecular complexity index is 366. The Balaban J connectivity index is 1.94. The van der Waals surface area contributed by atoms with E-state index in [2.05, 4.69) is 20.2 Å². The van der Waals surface area contributed by atoms with Gasteiger partial charge in [0.25, 0.3) is 0 Å². The molecule has 5 nitrogen and oxygen atoms in total. The smallest absolute Gasteiger partial charge is 0.144 e. The van der Waals surface area contributed by atoms with Crippen molar-refractivity contribution in [2.24, 2.45) is 0 Å². The fourth-order valence-corrected chi connectivity index (χ4v) is 2.66. The van der Waals surface area contributed by atoms with Crippen LogP contribution < -0.4 is 5.32 Å². The first kappa shape index (κ1) is 14.2. The van der Waals surface area contributed by atoms with E-state index in [1.165, 1.54) is 19.3 Å². The van der Waals surface area contributed by atoms with E-state index in [1.54, 1.807) is 6.20 Å². The summed E-state index contributed by atoms with van der Waals surface area (Å²) in [6.07, 6.45) is 8.20. The summed E-state index contributed by atoms with van der Waals surface area (Å²) < 4.78 is 0. The Kier molecular flexibility index (Phi) is 5.54. The van der Waals surface area contributed by atoms with Crippen molar-refractivity contribution in [1.29, 1.82) is 0 Å². The van der Waals surface area contributed by atoms with Crippen molar-refractivity contribution in [3.05, 3.63) is 18.1 Å². The van der Waals surface area contributed by atoms with Crippen LogP contribution in [0.15, 0.2) is 12.4 Å². The third-order valence-electron chi connectivity index (χ3n) is 3.64. The monoisotopic (exact) mass is 264 g/mol. The Morgan fingerprint density at radius 3 is 2.95 bits per heavy atom. The number of nitrogens with one attached hydrogen (secondary N) is 1. The normalized spacial score (nSPS) is 20.4. The molecule has 1 atom stereocenters. The highest BCUT2D eigenvalue weighted by atomic mass is 16.3. The summed E-state index contributed by atoms with van der Waals surface area (Å²) in [5.74, 6) is 0.830. The topological polar surface area (TPSA) is 61.3 Å². The summed E-state index contributed by atoms with van der Waals surface area (Å²) in [6, 6.07) is 0.494. The molecule has 1 fully saturated rings. The molecule has 2 rings (SSSR count). The van der Waals surface area contributed by atoms with E-state index in [9.17, 15) is 0 Å². The zero-order chi connectivity index (χ0) is 13.5. The van der Waals surface area contributed by atoms with E-state index in [-0.39, 0.29) is 6.61 Å². The van der Waals surface area contributed by atoms with Gasteiger partial charge in [0.2, 0.25) is 0 Å². The fraction of sp³-hybridized carbons (Fsp3) is 0.714. The number of aromatic nitrogens is 2. The number of rotatable bonds is 6.